The normalized spacial score (nSPS) is 20.6. The summed E-state index contributed by atoms with van der Waals surface area (Å²) in [6.07, 6.45) is 6.43. The molecule has 0 radical (unpaired) electrons. The van der Waals surface area contributed by atoms with Crippen molar-refractivity contribution >= 4 is 33.3 Å². The molecule has 2 saturated heterocycles. The van der Waals surface area contributed by atoms with Gasteiger partial charge in [0.05, 0.1) is 16.4 Å². The standard InChI is InChI=1S/C29H36ClN3O4S/c1-38(36,37)23-10-6-21(7-11-23)20-33-19-15-29(28(33)35)13-17-32(18-14-29)16-12-26(31-27(34)22-8-9-22)24-4-2-3-5-25(24)30/h2-7,10-11,22,26H,8-9,12-20H2,1H3,(H,31,34). The van der Waals surface area contributed by atoms with Crippen molar-refractivity contribution in [3.8, 4) is 0 Å². The summed E-state index contributed by atoms with van der Waals surface area (Å²) in [7, 11) is -3.23. The van der Waals surface area contributed by atoms with Gasteiger partial charge in [-0.3, -0.25) is 9.59 Å². The largest absolute Gasteiger partial charge is 0.349 e. The molecule has 3 fully saturated rings. The van der Waals surface area contributed by atoms with Crippen molar-refractivity contribution in [2.45, 2.75) is 56.0 Å². The number of halogens is 1. The first kappa shape index (κ1) is 27.2. The Balaban J connectivity index is 1.15. The second kappa shape index (κ2) is 11.0. The topological polar surface area (TPSA) is 86.8 Å². The zero-order valence-corrected chi connectivity index (χ0v) is 23.4. The number of carbonyl (C=O) groups excluding carboxylic acids is 2. The Morgan fingerprint density at radius 3 is 2.34 bits per heavy atom. The summed E-state index contributed by atoms with van der Waals surface area (Å²) in [5, 5.41) is 3.90. The van der Waals surface area contributed by atoms with Gasteiger partial charge in [-0.25, -0.2) is 8.42 Å². The van der Waals surface area contributed by atoms with Crippen LogP contribution in [0.2, 0.25) is 5.02 Å². The number of piperidine rings is 1. The molecular weight excluding hydrogens is 522 g/mol. The second-order valence-electron chi connectivity index (χ2n) is 11.2. The average molecular weight is 558 g/mol. The van der Waals surface area contributed by atoms with Crippen LogP contribution in [0.25, 0.3) is 0 Å². The predicted octanol–water partition coefficient (Wildman–Crippen LogP) is 4.22. The third kappa shape index (κ3) is 6.08. The highest BCUT2D eigenvalue weighted by molar-refractivity contribution is 7.90. The fourth-order valence-corrected chi connectivity index (χ4v) is 6.68. The molecule has 204 valence electrons. The molecule has 2 aliphatic heterocycles. The van der Waals surface area contributed by atoms with E-state index < -0.39 is 9.84 Å². The number of hydrogen-bond donors (Lipinski definition) is 1. The fourth-order valence-electron chi connectivity index (χ4n) is 5.78. The molecule has 38 heavy (non-hydrogen) atoms. The van der Waals surface area contributed by atoms with E-state index in [4.69, 9.17) is 11.6 Å². The van der Waals surface area contributed by atoms with Gasteiger partial charge >= 0.3 is 0 Å². The van der Waals surface area contributed by atoms with Gasteiger partial charge in [-0.1, -0.05) is 41.9 Å². The second-order valence-corrected chi connectivity index (χ2v) is 13.6. The summed E-state index contributed by atoms with van der Waals surface area (Å²) < 4.78 is 23.4. The van der Waals surface area contributed by atoms with Gasteiger partial charge < -0.3 is 15.1 Å². The molecule has 1 saturated carbocycles. The van der Waals surface area contributed by atoms with Crippen molar-refractivity contribution in [2.75, 3.05) is 32.4 Å². The number of nitrogens with one attached hydrogen (secondary N) is 1. The first-order chi connectivity index (χ1) is 18.1. The lowest BCUT2D eigenvalue weighted by molar-refractivity contribution is -0.139. The molecule has 3 aliphatic rings. The summed E-state index contributed by atoms with van der Waals surface area (Å²) >= 11 is 6.48. The fraction of sp³-hybridized carbons (Fsp3) is 0.517. The molecule has 7 nitrogen and oxygen atoms in total. The van der Waals surface area contributed by atoms with Crippen LogP contribution >= 0.6 is 11.6 Å². The lowest BCUT2D eigenvalue weighted by atomic mass is 9.77. The molecule has 2 aromatic carbocycles. The number of benzene rings is 2. The van der Waals surface area contributed by atoms with E-state index in [0.717, 1.165) is 75.8 Å². The van der Waals surface area contributed by atoms with E-state index in [-0.39, 0.29) is 29.2 Å². The summed E-state index contributed by atoms with van der Waals surface area (Å²) in [4.78, 5) is 30.6. The Morgan fingerprint density at radius 1 is 1.05 bits per heavy atom. The molecule has 2 heterocycles. The number of likely N-dealkylation sites (tertiary alicyclic amines) is 2. The molecule has 9 heteroatoms. The number of carbonyl (C=O) groups is 2. The van der Waals surface area contributed by atoms with E-state index in [1.54, 1.807) is 24.3 Å². The van der Waals surface area contributed by atoms with E-state index >= 15 is 0 Å². The van der Waals surface area contributed by atoms with Crippen LogP contribution in [-0.2, 0) is 26.0 Å². The highest BCUT2D eigenvalue weighted by atomic mass is 35.5. The van der Waals surface area contributed by atoms with Crippen LogP contribution in [0.15, 0.2) is 53.4 Å². The van der Waals surface area contributed by atoms with Crippen LogP contribution in [0, 0.1) is 11.3 Å². The van der Waals surface area contributed by atoms with Crippen LogP contribution in [-0.4, -0.2) is 62.5 Å². The van der Waals surface area contributed by atoms with E-state index in [1.165, 1.54) is 6.26 Å². The smallest absolute Gasteiger partial charge is 0.229 e. The average Bonchev–Trinajstić information content (AvgIpc) is 3.71. The van der Waals surface area contributed by atoms with Crippen LogP contribution in [0.3, 0.4) is 0 Å². The van der Waals surface area contributed by atoms with Crippen LogP contribution < -0.4 is 5.32 Å². The molecule has 5 rings (SSSR count). The van der Waals surface area contributed by atoms with Gasteiger partial charge in [-0.2, -0.15) is 0 Å². The predicted molar refractivity (Wildman–Crippen MR) is 147 cm³/mol. The van der Waals surface area contributed by atoms with Crippen molar-refractivity contribution < 1.29 is 18.0 Å². The minimum atomic E-state index is -3.23. The van der Waals surface area contributed by atoms with Crippen LogP contribution in [0.5, 0.6) is 0 Å². The third-order valence-corrected chi connectivity index (χ3v) is 9.89. The first-order valence-corrected chi connectivity index (χ1v) is 15.8. The number of rotatable bonds is 9. The monoisotopic (exact) mass is 557 g/mol. The molecule has 1 aliphatic carbocycles. The highest BCUT2D eigenvalue weighted by Crippen LogP contribution is 2.42. The molecule has 1 atom stereocenters. The summed E-state index contributed by atoms with van der Waals surface area (Å²) in [6, 6.07) is 14.4. The highest BCUT2D eigenvalue weighted by Gasteiger charge is 2.47. The van der Waals surface area contributed by atoms with Crippen molar-refractivity contribution in [1.82, 2.24) is 15.1 Å². The van der Waals surface area contributed by atoms with Gasteiger partial charge in [0, 0.05) is 36.8 Å². The van der Waals surface area contributed by atoms with Crippen molar-refractivity contribution in [1.29, 1.82) is 0 Å². The Bertz CT molecular complexity index is 1290. The van der Waals surface area contributed by atoms with Gasteiger partial charge in [0.1, 0.15) is 0 Å². The van der Waals surface area contributed by atoms with Crippen molar-refractivity contribution in [3.05, 3.63) is 64.7 Å². The van der Waals surface area contributed by atoms with Crippen molar-refractivity contribution in [2.24, 2.45) is 11.3 Å². The molecular formula is C29H36ClN3O4S. The van der Waals surface area contributed by atoms with Gasteiger partial charge in [-0.05, 0) is 80.9 Å². The number of sulfone groups is 1. The third-order valence-electron chi connectivity index (χ3n) is 8.42. The Labute approximate surface area is 230 Å². The van der Waals surface area contributed by atoms with E-state index in [0.29, 0.717) is 16.5 Å². The molecule has 2 aromatic rings. The van der Waals surface area contributed by atoms with E-state index in [2.05, 4.69) is 10.2 Å². The molecule has 1 spiro atoms. The molecule has 2 amide bonds. The van der Waals surface area contributed by atoms with Crippen LogP contribution in [0.1, 0.15) is 55.7 Å². The quantitative estimate of drug-likeness (QED) is 0.499. The Kier molecular flexibility index (Phi) is 7.85. The van der Waals surface area contributed by atoms with Gasteiger partial charge in [0.25, 0.3) is 0 Å². The molecule has 1 unspecified atom stereocenters. The zero-order valence-electron chi connectivity index (χ0n) is 21.9. The van der Waals surface area contributed by atoms with Gasteiger partial charge in [-0.15, -0.1) is 0 Å². The number of hydrogen-bond acceptors (Lipinski definition) is 5. The van der Waals surface area contributed by atoms with Gasteiger partial charge in [0.15, 0.2) is 9.84 Å². The Hall–Kier alpha value is -2.42. The molecule has 0 aromatic heterocycles. The number of nitrogens with zero attached hydrogens (tertiary/aromatic N) is 2. The first-order valence-electron chi connectivity index (χ1n) is 13.5. The number of amides is 2. The van der Waals surface area contributed by atoms with E-state index in [9.17, 15) is 18.0 Å². The lowest BCUT2D eigenvalue weighted by Gasteiger charge is -2.38. The zero-order chi connectivity index (χ0) is 26.9. The van der Waals surface area contributed by atoms with Gasteiger partial charge in [0.2, 0.25) is 11.8 Å². The maximum absolute atomic E-state index is 13.4. The maximum Gasteiger partial charge on any atom is 0.229 e. The molecule has 0 bridgehead atoms. The SMILES string of the molecule is CS(=O)(=O)c1ccc(CN2CCC3(CCN(CCC(NC(=O)C4CC4)c4ccccc4Cl)CC3)C2=O)cc1. The maximum atomic E-state index is 13.4. The molecule has 1 N–H and O–H groups in total. The minimum Gasteiger partial charge on any atom is -0.349 e. The summed E-state index contributed by atoms with van der Waals surface area (Å²) in [6.45, 7) is 3.79. The van der Waals surface area contributed by atoms with E-state index in [1.807, 2.05) is 29.2 Å². The Morgan fingerprint density at radius 2 is 1.71 bits per heavy atom. The minimum absolute atomic E-state index is 0.120. The summed E-state index contributed by atoms with van der Waals surface area (Å²) in [5.41, 5.74) is 1.60. The summed E-state index contributed by atoms with van der Waals surface area (Å²) in [5.74, 6) is 0.480. The van der Waals surface area contributed by atoms with Crippen LogP contribution in [0.4, 0.5) is 0 Å². The van der Waals surface area contributed by atoms with Crippen molar-refractivity contribution in [3.63, 3.8) is 0 Å². The lowest BCUT2D eigenvalue weighted by Crippen LogP contribution is -2.45.